The second-order valence-corrected chi connectivity index (χ2v) is 11.7. The molecule has 5 aromatic rings. The first-order chi connectivity index (χ1) is 22.3. The lowest BCUT2D eigenvalue weighted by Gasteiger charge is -2.08. The van der Waals surface area contributed by atoms with Crippen LogP contribution in [0.4, 0.5) is 5.95 Å². The van der Waals surface area contributed by atoms with Crippen LogP contribution in [0.1, 0.15) is 47.5 Å². The van der Waals surface area contributed by atoms with Crippen molar-refractivity contribution in [3.8, 4) is 11.5 Å². The fraction of sp³-hybridized carbons (Fsp3) is 0.303. The minimum absolute atomic E-state index is 0. The molecule has 11 nitrogen and oxygen atoms in total. The standard InChI is InChI=1S/C20H25N5O2S.C13H14N2O2S.2ClH/c1-3-27-17-6-4-5-15(10-17)9-16-11-22-20(25-19(16)26)21-7-8-28-12-18-14(2)23-13-24-18;1-2-17-11-5-3-4-9(7-11)6-10-8-14-13(18)15-12(10)16;;/h4-6,10-11,13H,3,7-9,12H2,1-2H3,(H,23,24)(H2,21,22,25,26);3-5,7-8H,2,6H2,1H3,(H2,14,15,16,18);2*1H. The van der Waals surface area contributed by atoms with Crippen LogP contribution in [0.25, 0.3) is 0 Å². The summed E-state index contributed by atoms with van der Waals surface area (Å²) < 4.78 is 11.3. The number of H-pyrrole nitrogens is 4. The SMILES string of the molecule is CCOc1cccc(Cc2c[nH]c(=S)[nH]c2=O)c1.CCOc1cccc(Cc2cnc(NCCSCc3nc[nH]c3C)[nH]c2=O)c1.Cl.Cl. The Kier molecular flexibility index (Phi) is 17.6. The average Bonchev–Trinajstić information content (AvgIpc) is 3.45. The maximum absolute atomic E-state index is 12.4. The quantitative estimate of drug-likeness (QED) is 0.0644. The van der Waals surface area contributed by atoms with E-state index in [-0.39, 0.29) is 35.9 Å². The predicted molar refractivity (Wildman–Crippen MR) is 200 cm³/mol. The Hall–Kier alpha value is -4.04. The predicted octanol–water partition coefficient (Wildman–Crippen LogP) is 6.40. The third kappa shape index (κ3) is 12.9. The van der Waals surface area contributed by atoms with E-state index in [1.54, 1.807) is 30.5 Å². The molecule has 0 bridgehead atoms. The van der Waals surface area contributed by atoms with Crippen molar-refractivity contribution in [1.82, 2.24) is 29.9 Å². The molecule has 5 rings (SSSR count). The van der Waals surface area contributed by atoms with Gasteiger partial charge >= 0.3 is 0 Å². The molecule has 3 aromatic heterocycles. The van der Waals surface area contributed by atoms with Crippen molar-refractivity contribution < 1.29 is 9.47 Å². The normalized spacial score (nSPS) is 10.1. The Morgan fingerprint density at radius 2 is 1.48 bits per heavy atom. The summed E-state index contributed by atoms with van der Waals surface area (Å²) in [5.41, 5.74) is 5.23. The molecule has 0 atom stereocenters. The van der Waals surface area contributed by atoms with Crippen molar-refractivity contribution in [3.63, 3.8) is 0 Å². The van der Waals surface area contributed by atoms with Crippen LogP contribution in [-0.2, 0) is 18.6 Å². The van der Waals surface area contributed by atoms with Gasteiger partial charge in [0.15, 0.2) is 4.77 Å². The molecular weight excluding hydrogens is 693 g/mol. The van der Waals surface area contributed by atoms with Crippen molar-refractivity contribution in [2.75, 3.05) is 30.8 Å². The second kappa shape index (κ2) is 21.0. The van der Waals surface area contributed by atoms with Crippen LogP contribution in [-0.4, -0.2) is 55.4 Å². The Labute approximate surface area is 301 Å². The van der Waals surface area contributed by atoms with Gasteiger partial charge in [0.25, 0.3) is 11.1 Å². The fourth-order valence-corrected chi connectivity index (χ4v) is 5.44. The minimum Gasteiger partial charge on any atom is -0.494 e. The number of halogens is 2. The highest BCUT2D eigenvalue weighted by Crippen LogP contribution is 2.17. The first-order valence-corrected chi connectivity index (χ1v) is 16.5. The summed E-state index contributed by atoms with van der Waals surface area (Å²) in [4.78, 5) is 43.9. The number of aromatic nitrogens is 6. The number of aryl methyl sites for hydroxylation is 1. The van der Waals surface area contributed by atoms with E-state index in [1.165, 1.54) is 0 Å². The third-order valence-corrected chi connectivity index (χ3v) is 7.88. The van der Waals surface area contributed by atoms with Crippen LogP contribution >= 0.6 is 48.8 Å². The summed E-state index contributed by atoms with van der Waals surface area (Å²) in [5.74, 6) is 3.87. The molecule has 0 fully saturated rings. The van der Waals surface area contributed by atoms with Crippen LogP contribution in [0.5, 0.6) is 11.5 Å². The number of nitrogens with zero attached hydrogens (tertiary/aromatic N) is 2. The van der Waals surface area contributed by atoms with Gasteiger partial charge in [-0.2, -0.15) is 11.8 Å². The molecular formula is C33H41Cl2N7O4S2. The molecule has 5 N–H and O–H groups in total. The summed E-state index contributed by atoms with van der Waals surface area (Å²) in [7, 11) is 0. The third-order valence-electron chi connectivity index (χ3n) is 6.69. The van der Waals surface area contributed by atoms with Crippen molar-refractivity contribution in [3.05, 3.63) is 126 Å². The molecule has 3 heterocycles. The van der Waals surface area contributed by atoms with Crippen molar-refractivity contribution in [2.45, 2.75) is 39.4 Å². The Morgan fingerprint density at radius 1 is 0.854 bits per heavy atom. The first-order valence-electron chi connectivity index (χ1n) is 15.0. The van der Waals surface area contributed by atoms with Gasteiger partial charge in [-0.1, -0.05) is 24.3 Å². The van der Waals surface area contributed by atoms with Gasteiger partial charge in [0.05, 0.1) is 25.2 Å². The highest BCUT2D eigenvalue weighted by molar-refractivity contribution is 7.98. The number of thioether (sulfide) groups is 1. The molecule has 2 aromatic carbocycles. The molecule has 48 heavy (non-hydrogen) atoms. The van der Waals surface area contributed by atoms with Crippen molar-refractivity contribution in [1.29, 1.82) is 0 Å². The van der Waals surface area contributed by atoms with E-state index in [1.807, 2.05) is 69.3 Å². The Bertz CT molecular complexity index is 1880. The van der Waals surface area contributed by atoms with Gasteiger partial charge in [-0.05, 0) is 68.4 Å². The zero-order chi connectivity index (χ0) is 32.7. The molecule has 0 amide bonds. The zero-order valence-electron chi connectivity index (χ0n) is 27.0. The van der Waals surface area contributed by atoms with Crippen LogP contribution in [0.15, 0.2) is 76.8 Å². The smallest absolute Gasteiger partial charge is 0.255 e. The van der Waals surface area contributed by atoms with Crippen molar-refractivity contribution >= 4 is 54.7 Å². The largest absolute Gasteiger partial charge is 0.494 e. The zero-order valence-corrected chi connectivity index (χ0v) is 30.2. The molecule has 0 aliphatic carbocycles. The summed E-state index contributed by atoms with van der Waals surface area (Å²) >= 11 is 6.63. The first kappa shape index (κ1) is 40.1. The van der Waals surface area contributed by atoms with Gasteiger partial charge in [-0.15, -0.1) is 24.8 Å². The maximum atomic E-state index is 12.4. The van der Waals surface area contributed by atoms with Gasteiger partial charge in [0.2, 0.25) is 5.95 Å². The van der Waals surface area contributed by atoms with E-state index >= 15 is 0 Å². The van der Waals surface area contributed by atoms with Crippen LogP contribution in [0.2, 0.25) is 0 Å². The average molecular weight is 735 g/mol. The number of rotatable bonds is 14. The number of imidazole rings is 1. The van der Waals surface area contributed by atoms with E-state index in [2.05, 4.69) is 35.2 Å². The number of hydrogen-bond donors (Lipinski definition) is 5. The summed E-state index contributed by atoms with van der Waals surface area (Å²) in [5, 5.41) is 3.16. The number of ether oxygens (including phenoxy) is 2. The van der Waals surface area contributed by atoms with Gasteiger partial charge in [-0.25, -0.2) is 9.97 Å². The number of benzene rings is 2. The Morgan fingerprint density at radius 3 is 2.04 bits per heavy atom. The number of hydrogen-bond acceptors (Lipinski definition) is 9. The second-order valence-electron chi connectivity index (χ2n) is 10.2. The summed E-state index contributed by atoms with van der Waals surface area (Å²) in [6, 6.07) is 15.5. The van der Waals surface area contributed by atoms with Crippen LogP contribution < -0.4 is 25.9 Å². The van der Waals surface area contributed by atoms with Gasteiger partial charge in [0.1, 0.15) is 11.5 Å². The summed E-state index contributed by atoms with van der Waals surface area (Å²) in [6.07, 6.45) is 6.06. The molecule has 15 heteroatoms. The molecule has 0 saturated heterocycles. The monoisotopic (exact) mass is 733 g/mol. The molecule has 0 unspecified atom stereocenters. The van der Waals surface area contributed by atoms with Crippen LogP contribution in [0.3, 0.4) is 0 Å². The van der Waals surface area contributed by atoms with E-state index < -0.39 is 0 Å². The Balaban J connectivity index is 0.000000348. The highest BCUT2D eigenvalue weighted by Gasteiger charge is 2.06. The van der Waals surface area contributed by atoms with Gasteiger partial charge in [-0.3, -0.25) is 19.6 Å². The minimum atomic E-state index is -0.152. The maximum Gasteiger partial charge on any atom is 0.255 e. The molecule has 0 radical (unpaired) electrons. The van der Waals surface area contributed by atoms with Crippen molar-refractivity contribution in [2.24, 2.45) is 0 Å². The summed E-state index contributed by atoms with van der Waals surface area (Å²) in [6.45, 7) is 7.86. The van der Waals surface area contributed by atoms with E-state index in [0.717, 1.165) is 45.5 Å². The fourth-order valence-electron chi connectivity index (χ4n) is 4.41. The lowest BCUT2D eigenvalue weighted by atomic mass is 10.1. The number of anilines is 1. The van der Waals surface area contributed by atoms with Crippen LogP contribution in [0, 0.1) is 11.7 Å². The van der Waals surface area contributed by atoms with E-state index in [0.29, 0.717) is 54.4 Å². The molecule has 0 spiro atoms. The lowest BCUT2D eigenvalue weighted by molar-refractivity contribution is 0.340. The number of nitrogens with one attached hydrogen (secondary N) is 5. The van der Waals surface area contributed by atoms with Gasteiger partial charge in [0, 0.05) is 60.1 Å². The van der Waals surface area contributed by atoms with Gasteiger partial charge < -0.3 is 24.8 Å². The lowest BCUT2D eigenvalue weighted by Crippen LogP contribution is -2.18. The highest BCUT2D eigenvalue weighted by atomic mass is 35.5. The van der Waals surface area contributed by atoms with E-state index in [4.69, 9.17) is 21.7 Å². The number of aromatic amines is 4. The molecule has 0 aliphatic heterocycles. The van der Waals surface area contributed by atoms with E-state index in [9.17, 15) is 9.59 Å². The molecule has 258 valence electrons. The molecule has 0 saturated carbocycles. The topological polar surface area (TPSA) is 154 Å². The molecule has 0 aliphatic rings.